The van der Waals surface area contributed by atoms with Gasteiger partial charge in [-0.15, -0.1) is 11.3 Å². The summed E-state index contributed by atoms with van der Waals surface area (Å²) in [6.07, 6.45) is -4.24. The van der Waals surface area contributed by atoms with E-state index in [1.54, 1.807) is 6.07 Å². The molecule has 18 heavy (non-hydrogen) atoms. The number of thiophene rings is 1. The van der Waals surface area contributed by atoms with Crippen LogP contribution in [0.4, 0.5) is 13.2 Å². The summed E-state index contributed by atoms with van der Waals surface area (Å²) in [6, 6.07) is 2.68. The van der Waals surface area contributed by atoms with Gasteiger partial charge in [0.25, 0.3) is 0 Å². The zero-order valence-electron chi connectivity index (χ0n) is 10.8. The Morgan fingerprint density at radius 1 is 1.28 bits per heavy atom. The van der Waals surface area contributed by atoms with Crippen molar-refractivity contribution in [2.75, 3.05) is 20.1 Å². The molecule has 2 nitrogen and oxygen atoms in total. The minimum Gasteiger partial charge on any atom is -0.330 e. The lowest BCUT2D eigenvalue weighted by Crippen LogP contribution is -2.36. The molecule has 0 aromatic carbocycles. The first-order valence-corrected chi connectivity index (χ1v) is 6.50. The average Bonchev–Trinajstić information content (AvgIpc) is 2.64. The zero-order valence-corrected chi connectivity index (χ0v) is 11.7. The van der Waals surface area contributed by atoms with E-state index in [-0.39, 0.29) is 5.41 Å². The summed E-state index contributed by atoms with van der Waals surface area (Å²) in [5, 5.41) is 0. The van der Waals surface area contributed by atoms with Crippen molar-refractivity contribution >= 4 is 11.3 Å². The highest BCUT2D eigenvalue weighted by molar-refractivity contribution is 7.12. The molecule has 0 atom stereocenters. The summed E-state index contributed by atoms with van der Waals surface area (Å²) in [5.41, 5.74) is 5.61. The monoisotopic (exact) mass is 280 g/mol. The Kier molecular flexibility index (Phi) is 4.80. The van der Waals surface area contributed by atoms with Crippen molar-refractivity contribution in [2.45, 2.75) is 26.6 Å². The van der Waals surface area contributed by atoms with Crippen LogP contribution in [0.15, 0.2) is 12.1 Å². The predicted molar refractivity (Wildman–Crippen MR) is 68.5 cm³/mol. The minimum absolute atomic E-state index is 0.0289. The summed E-state index contributed by atoms with van der Waals surface area (Å²) in [6.45, 7) is 5.90. The fourth-order valence-corrected chi connectivity index (χ4v) is 2.69. The lowest BCUT2D eigenvalue weighted by molar-refractivity contribution is -0.134. The molecule has 0 unspecified atom stereocenters. The van der Waals surface area contributed by atoms with Gasteiger partial charge in [-0.2, -0.15) is 13.2 Å². The van der Waals surface area contributed by atoms with Crippen LogP contribution in [-0.2, 0) is 12.7 Å². The molecule has 1 aromatic rings. The number of nitrogens with two attached hydrogens (primary N) is 1. The molecular formula is C12H19F3N2S. The highest BCUT2D eigenvalue weighted by Gasteiger charge is 2.32. The Morgan fingerprint density at radius 2 is 1.89 bits per heavy atom. The average molecular weight is 280 g/mol. The van der Waals surface area contributed by atoms with Crippen LogP contribution in [0.2, 0.25) is 0 Å². The van der Waals surface area contributed by atoms with E-state index in [0.29, 0.717) is 13.1 Å². The van der Waals surface area contributed by atoms with Gasteiger partial charge in [-0.25, -0.2) is 0 Å². The van der Waals surface area contributed by atoms with Crippen molar-refractivity contribution in [2.24, 2.45) is 11.1 Å². The van der Waals surface area contributed by atoms with Crippen molar-refractivity contribution in [3.63, 3.8) is 0 Å². The van der Waals surface area contributed by atoms with Crippen LogP contribution in [0.25, 0.3) is 0 Å². The third-order valence-electron chi connectivity index (χ3n) is 2.62. The fourth-order valence-electron chi connectivity index (χ4n) is 1.73. The van der Waals surface area contributed by atoms with Gasteiger partial charge in [0.2, 0.25) is 0 Å². The minimum atomic E-state index is -4.24. The molecule has 1 rings (SSSR count). The number of nitrogens with zero attached hydrogens (tertiary/aromatic N) is 1. The van der Waals surface area contributed by atoms with Gasteiger partial charge in [-0.3, -0.25) is 0 Å². The molecule has 0 saturated heterocycles. The van der Waals surface area contributed by atoms with Crippen molar-refractivity contribution in [1.82, 2.24) is 4.90 Å². The zero-order chi connectivity index (χ0) is 14.0. The summed E-state index contributed by atoms with van der Waals surface area (Å²) in [7, 11) is 1.89. The SMILES string of the molecule is CN(Cc1ccc(C(F)(F)F)s1)CC(C)(C)CN. The molecule has 0 spiro atoms. The van der Waals surface area contributed by atoms with E-state index in [0.717, 1.165) is 28.8 Å². The van der Waals surface area contributed by atoms with E-state index in [1.165, 1.54) is 0 Å². The number of halogens is 3. The lowest BCUT2D eigenvalue weighted by atomic mass is 9.93. The van der Waals surface area contributed by atoms with Crippen LogP contribution in [-0.4, -0.2) is 25.0 Å². The summed E-state index contributed by atoms with van der Waals surface area (Å²) < 4.78 is 37.3. The first kappa shape index (κ1) is 15.5. The van der Waals surface area contributed by atoms with E-state index in [9.17, 15) is 13.2 Å². The maximum Gasteiger partial charge on any atom is 0.425 e. The standard InChI is InChI=1S/C12H19F3N2S/c1-11(2,7-16)8-17(3)6-9-4-5-10(18-9)12(13,14)15/h4-5H,6-8,16H2,1-3H3. The quantitative estimate of drug-likeness (QED) is 0.897. The number of rotatable bonds is 5. The normalized spacial score (nSPS) is 13.3. The Balaban J connectivity index is 2.60. The largest absolute Gasteiger partial charge is 0.425 e. The summed E-state index contributed by atoms with van der Waals surface area (Å²) >= 11 is 0.804. The van der Waals surface area contributed by atoms with Gasteiger partial charge < -0.3 is 10.6 Å². The van der Waals surface area contributed by atoms with Gasteiger partial charge in [0.15, 0.2) is 0 Å². The van der Waals surface area contributed by atoms with Crippen molar-refractivity contribution in [3.8, 4) is 0 Å². The van der Waals surface area contributed by atoms with Crippen LogP contribution >= 0.6 is 11.3 Å². The van der Waals surface area contributed by atoms with Crippen LogP contribution in [0.3, 0.4) is 0 Å². The highest BCUT2D eigenvalue weighted by Crippen LogP contribution is 2.35. The molecular weight excluding hydrogens is 261 g/mol. The second kappa shape index (κ2) is 5.59. The molecule has 0 saturated carbocycles. The molecule has 0 aliphatic heterocycles. The van der Waals surface area contributed by atoms with Crippen molar-refractivity contribution < 1.29 is 13.2 Å². The molecule has 0 aliphatic carbocycles. The molecule has 0 bridgehead atoms. The molecule has 0 fully saturated rings. The maximum atomic E-state index is 12.4. The van der Waals surface area contributed by atoms with E-state index < -0.39 is 11.1 Å². The first-order valence-electron chi connectivity index (χ1n) is 5.68. The van der Waals surface area contributed by atoms with Gasteiger partial charge in [0, 0.05) is 18.0 Å². The van der Waals surface area contributed by atoms with E-state index >= 15 is 0 Å². The first-order chi connectivity index (χ1) is 8.14. The van der Waals surface area contributed by atoms with E-state index in [2.05, 4.69) is 0 Å². The van der Waals surface area contributed by atoms with Crippen molar-refractivity contribution in [1.29, 1.82) is 0 Å². The number of hydrogen-bond donors (Lipinski definition) is 1. The number of hydrogen-bond acceptors (Lipinski definition) is 3. The lowest BCUT2D eigenvalue weighted by Gasteiger charge is -2.28. The van der Waals surface area contributed by atoms with Crippen LogP contribution < -0.4 is 5.73 Å². The third-order valence-corrected chi connectivity index (χ3v) is 3.73. The predicted octanol–water partition coefficient (Wildman–Crippen LogP) is 3.18. The fraction of sp³-hybridized carbons (Fsp3) is 0.667. The third kappa shape index (κ3) is 4.59. The van der Waals surface area contributed by atoms with Gasteiger partial charge in [-0.1, -0.05) is 13.8 Å². The Bertz CT molecular complexity index is 385. The van der Waals surface area contributed by atoms with Gasteiger partial charge in [0.1, 0.15) is 4.88 Å². The van der Waals surface area contributed by atoms with Gasteiger partial charge in [-0.05, 0) is 31.1 Å². The smallest absolute Gasteiger partial charge is 0.330 e. The molecule has 104 valence electrons. The number of alkyl halides is 3. The molecule has 0 aliphatic rings. The second-order valence-corrected chi connectivity index (χ2v) is 6.47. The second-order valence-electron chi connectivity index (χ2n) is 5.30. The van der Waals surface area contributed by atoms with Gasteiger partial charge >= 0.3 is 6.18 Å². The topological polar surface area (TPSA) is 29.3 Å². The van der Waals surface area contributed by atoms with E-state index in [1.807, 2.05) is 25.8 Å². The van der Waals surface area contributed by atoms with Crippen LogP contribution in [0, 0.1) is 5.41 Å². The molecule has 1 heterocycles. The molecule has 1 aromatic heterocycles. The highest BCUT2D eigenvalue weighted by atomic mass is 32.1. The van der Waals surface area contributed by atoms with Crippen LogP contribution in [0.5, 0.6) is 0 Å². The van der Waals surface area contributed by atoms with Crippen molar-refractivity contribution in [3.05, 3.63) is 21.9 Å². The molecule has 2 N–H and O–H groups in total. The Labute approximate surface area is 110 Å². The molecule has 0 amide bonds. The Hall–Kier alpha value is -0.590. The summed E-state index contributed by atoms with van der Waals surface area (Å²) in [5.74, 6) is 0. The van der Waals surface area contributed by atoms with Crippen LogP contribution in [0.1, 0.15) is 23.6 Å². The van der Waals surface area contributed by atoms with E-state index in [4.69, 9.17) is 5.73 Å². The Morgan fingerprint density at radius 3 is 2.33 bits per heavy atom. The summed E-state index contributed by atoms with van der Waals surface area (Å²) in [4.78, 5) is 2.18. The molecule has 6 heteroatoms. The van der Waals surface area contributed by atoms with Gasteiger partial charge in [0.05, 0.1) is 0 Å². The molecule has 0 radical (unpaired) electrons. The maximum absolute atomic E-state index is 12.4.